The monoisotopic (exact) mass is 1880 g/mol. The molecule has 4 aliphatic rings. The fourth-order valence-electron chi connectivity index (χ4n) is 20.1. The van der Waals surface area contributed by atoms with E-state index in [1.165, 1.54) is 106 Å². The molecule has 12 aromatic carbocycles. The van der Waals surface area contributed by atoms with Gasteiger partial charge in [-0.2, -0.15) is 0 Å². The molecule has 4 radical (unpaired) electrons. The largest absolute Gasteiger partial charge is 3.00 e. The number of fused-ring (bicyclic) bond motifs is 12. The van der Waals surface area contributed by atoms with Gasteiger partial charge < -0.3 is 110 Å². The molecule has 0 saturated carbocycles. The van der Waals surface area contributed by atoms with Gasteiger partial charge in [0.25, 0.3) is 0 Å². The van der Waals surface area contributed by atoms with Crippen molar-refractivity contribution in [2.75, 3.05) is 0 Å². The number of hydrogen-bond acceptors (Lipinski definition) is 4. The molecule has 688 valence electrons. The van der Waals surface area contributed by atoms with E-state index in [9.17, 15) is 20.4 Å². The van der Waals surface area contributed by atoms with E-state index in [4.69, 9.17) is 0 Å². The van der Waals surface area contributed by atoms with Gasteiger partial charge in [0.1, 0.15) is 23.0 Å². The summed E-state index contributed by atoms with van der Waals surface area (Å²) in [5, 5.41) is 43.6. The van der Waals surface area contributed by atoms with Crippen LogP contribution in [-0.2, 0) is 130 Å². The maximum atomic E-state index is 11.4. The first-order valence-corrected chi connectivity index (χ1v) is 42.4. The molecule has 0 aromatic heterocycles. The van der Waals surface area contributed by atoms with Crippen molar-refractivity contribution in [1.29, 1.82) is 0 Å². The van der Waals surface area contributed by atoms with Gasteiger partial charge in [-0.3, -0.25) is 0 Å². The average Bonchev–Trinajstić information content (AvgIpc) is 1.58. The molecule has 0 fully saturated rings. The molecule has 0 unspecified atom stereocenters. The van der Waals surface area contributed by atoms with Crippen LogP contribution in [0.25, 0.3) is 89.0 Å². The molecule has 4 nitrogen and oxygen atoms in total. The van der Waals surface area contributed by atoms with Crippen LogP contribution in [0.3, 0.4) is 0 Å². The smallest absolute Gasteiger partial charge is 0.507 e. The first-order valence-electron chi connectivity index (χ1n) is 42.4. The number of hydrogen-bond donors (Lipinski definition) is 4. The minimum absolute atomic E-state index is 0. The molecule has 0 atom stereocenters. The van der Waals surface area contributed by atoms with Gasteiger partial charge in [-0.05, 0) is 275 Å². The fraction of sp³-hybridized carbons (Fsp3) is 0.311. The summed E-state index contributed by atoms with van der Waals surface area (Å²) in [6.45, 7) is 48.9. The van der Waals surface area contributed by atoms with Gasteiger partial charge in [-0.15, -0.1) is 0 Å². The van der Waals surface area contributed by atoms with Crippen LogP contribution in [0, 0.1) is 103 Å². The molecule has 0 bridgehead atoms. The second-order valence-corrected chi connectivity index (χ2v) is 37.3. The minimum Gasteiger partial charge on any atom is -0.507 e. The molecule has 0 heterocycles. The van der Waals surface area contributed by atoms with E-state index in [0.717, 1.165) is 113 Å². The summed E-state index contributed by atoms with van der Waals surface area (Å²) in [4.78, 5) is 0. The number of rotatable bonds is 12. The summed E-state index contributed by atoms with van der Waals surface area (Å²) in [6, 6.07) is 82.9. The van der Waals surface area contributed by atoms with E-state index in [0.29, 0.717) is 23.0 Å². The van der Waals surface area contributed by atoms with Gasteiger partial charge >= 0.3 is 86.9 Å². The zero-order chi connectivity index (χ0) is 82.2. The maximum absolute atomic E-state index is 11.4. The molecule has 0 saturated heterocycles. The molecule has 4 aliphatic carbocycles. The Morgan fingerprint density at radius 1 is 0.208 bits per heavy atom. The second kappa shape index (κ2) is 49.8. The van der Waals surface area contributed by atoms with Crippen molar-refractivity contribution in [1.82, 2.24) is 0 Å². The molecular formula is C122H160O4Ti4. The van der Waals surface area contributed by atoms with Crippen LogP contribution in [0.4, 0.5) is 0 Å². The van der Waals surface area contributed by atoms with Gasteiger partial charge in [0, 0.05) is 55.0 Å². The van der Waals surface area contributed by atoms with Crippen molar-refractivity contribution >= 4 is 0 Å². The molecule has 0 aliphatic heterocycles. The van der Waals surface area contributed by atoms with Crippen molar-refractivity contribution in [2.24, 2.45) is 0 Å². The Hall–Kier alpha value is -7.30. The van der Waals surface area contributed by atoms with Crippen molar-refractivity contribution in [3.63, 3.8) is 0 Å². The molecule has 12 aromatic rings. The van der Waals surface area contributed by atoms with Gasteiger partial charge in [0.2, 0.25) is 0 Å². The Morgan fingerprint density at radius 2 is 0.438 bits per heavy atom. The summed E-state index contributed by atoms with van der Waals surface area (Å²) in [6.07, 6.45) is 8.59. The predicted molar refractivity (Wildman–Crippen MR) is 563 cm³/mol. The Labute approximate surface area is 856 Å². The van der Waals surface area contributed by atoms with Gasteiger partial charge in [-0.25, -0.2) is 0 Å². The standard InChI is InChI=1S/C31H38O.C28H32O.C27H30O.C24H24O.12CH3.4Ti/c1-9-31(10-2)25-14-12-11-13-22(25)23-16-15-20(17-26(23)31)24-18-21(29(3,4)5)19-27(28(24)32)30(6,7)8;1-7-28(8-2)23-12-10-9-11-20(23)21-14-13-19(17-24(21)28)22-15-18(3)16-25(26(22)29)27(4,5)6;1-6-27(7-2)23-11-9-8-10-20(23)21-14-12-18(16-24(21)27)22-17-19(26(3,4)5)13-15-25(22)28;1-4-24(5-2)21-9-7-6-8-18(21)19-12-11-17(15-22(19)24)20-14-16(3)10-13-23(20)25;;;;;;;;;;;;;;;;/h11-19,32H,9-10H2,1-8H3;9-17,29H,7-8H2,1-6H3;8-17,28H,6-7H2,1-5H3;6-15,25H,4-5H2,1-3H3;12*1H3;;;;/q;;;;12*-1;4*+3. The SMILES string of the molecule is CCC1(CC)c2ccccc2-c2ccc(-c3cc(C(C)(C)C)cc(C(C)(C)C)c3O)cc21.CCC1(CC)c2ccccc2-c2ccc(-c3cc(C(C)(C)C)ccc3O)cc21.CCC1(CC)c2ccccc2-c2ccc(-c3cc(C)cc(C(C)(C)C)c3O)cc21.CCC1(CC)c2ccccc2-c2ccc(-c3cc(C)ccc3O)cc21.[CH3-].[CH3-].[CH3-].[CH3-].[CH3-].[CH3-].[CH3-].[CH3-].[CH3-].[CH3-].[CH3-].[CH3-].[Ti+3].[Ti+3].[Ti+3].[Ti+3]. The van der Waals surface area contributed by atoms with Crippen LogP contribution < -0.4 is 0 Å². The summed E-state index contributed by atoms with van der Waals surface area (Å²) >= 11 is 0. The van der Waals surface area contributed by atoms with Crippen LogP contribution in [-0.4, -0.2) is 20.4 Å². The summed E-state index contributed by atoms with van der Waals surface area (Å²) in [7, 11) is 0. The number of aromatic hydroxyl groups is 4. The molecule has 0 amide bonds. The molecule has 16 rings (SSSR count). The minimum atomic E-state index is -0.135. The van der Waals surface area contributed by atoms with Gasteiger partial charge in [0.05, 0.1) is 0 Å². The number of benzene rings is 12. The van der Waals surface area contributed by atoms with Crippen LogP contribution in [0.5, 0.6) is 23.0 Å². The van der Waals surface area contributed by atoms with E-state index in [2.05, 4.69) is 359 Å². The maximum Gasteiger partial charge on any atom is 3.00 e. The molecule has 4 N–H and O–H groups in total. The van der Waals surface area contributed by atoms with Gasteiger partial charge in [-0.1, -0.05) is 314 Å². The predicted octanol–water partition coefficient (Wildman–Crippen LogP) is 35.8. The zero-order valence-corrected chi connectivity index (χ0v) is 92.6. The van der Waals surface area contributed by atoms with E-state index in [1.54, 1.807) is 6.07 Å². The first kappa shape index (κ1) is 129. The summed E-state index contributed by atoms with van der Waals surface area (Å²) in [5.74, 6) is 1.53. The van der Waals surface area contributed by atoms with Crippen molar-refractivity contribution in [3.8, 4) is 112 Å². The van der Waals surface area contributed by atoms with Crippen LogP contribution in [0.1, 0.15) is 268 Å². The third-order valence-electron chi connectivity index (χ3n) is 27.0. The molecule has 0 spiro atoms. The van der Waals surface area contributed by atoms with E-state index >= 15 is 0 Å². The average molecular weight is 1880 g/mol. The van der Waals surface area contributed by atoms with Crippen molar-refractivity contribution in [3.05, 3.63) is 398 Å². The normalized spacial score (nSPS) is 12.8. The Morgan fingerprint density at radius 3 is 0.715 bits per heavy atom. The van der Waals surface area contributed by atoms with Gasteiger partial charge in [0.15, 0.2) is 0 Å². The van der Waals surface area contributed by atoms with E-state index < -0.39 is 0 Å². The summed E-state index contributed by atoms with van der Waals surface area (Å²) < 4.78 is 0. The third-order valence-corrected chi connectivity index (χ3v) is 27.0. The van der Waals surface area contributed by atoms with Crippen molar-refractivity contribution in [2.45, 2.75) is 247 Å². The Kier molecular flexibility index (Phi) is 49.4. The zero-order valence-electron chi connectivity index (χ0n) is 86.4. The first-order chi connectivity index (χ1) is 54.1. The number of phenolic OH excluding ortho intramolecular Hbond substituents is 4. The van der Waals surface area contributed by atoms with Crippen LogP contribution in [0.15, 0.2) is 231 Å². The molecular weight excluding hydrogens is 1720 g/mol. The molecule has 130 heavy (non-hydrogen) atoms. The second-order valence-electron chi connectivity index (χ2n) is 37.3. The van der Waals surface area contributed by atoms with Crippen LogP contribution >= 0.6 is 0 Å². The van der Waals surface area contributed by atoms with Crippen molar-refractivity contribution < 1.29 is 107 Å². The van der Waals surface area contributed by atoms with E-state index in [-0.39, 0.29) is 219 Å². The Balaban J connectivity index is -0.000000784. The summed E-state index contributed by atoms with van der Waals surface area (Å²) in [5.41, 5.74) is 37.2. The van der Waals surface area contributed by atoms with E-state index in [1.807, 2.05) is 18.2 Å². The quantitative estimate of drug-likeness (QED) is 0.0726. The topological polar surface area (TPSA) is 80.9 Å². The van der Waals surface area contributed by atoms with Crippen LogP contribution in [0.2, 0.25) is 0 Å². The Bertz CT molecular complexity index is 5630. The third kappa shape index (κ3) is 22.9. The number of aryl methyl sites for hydroxylation is 2. The molecule has 8 heteroatoms. The number of phenols is 4. The fourth-order valence-corrected chi connectivity index (χ4v) is 20.1.